The van der Waals surface area contributed by atoms with Crippen LogP contribution in [0.2, 0.25) is 0 Å². The Morgan fingerprint density at radius 2 is 1.97 bits per heavy atom. The summed E-state index contributed by atoms with van der Waals surface area (Å²) in [7, 11) is 1.65. The summed E-state index contributed by atoms with van der Waals surface area (Å²) in [6.07, 6.45) is 5.97. The van der Waals surface area contributed by atoms with E-state index in [2.05, 4.69) is 22.8 Å². The van der Waals surface area contributed by atoms with E-state index in [1.807, 2.05) is 59.5 Å². The number of carbonyl (C=O) groups excluding carboxylic acids is 2. The Morgan fingerprint density at radius 1 is 1.19 bits per heavy atom. The first kappa shape index (κ1) is 22.6. The SMILES string of the molecule is COc1ccccc1/C=C/CN1CCNC(=O)[C@@H]1CC(=O)NCCCc1ccccc1. The highest BCUT2D eigenvalue weighted by molar-refractivity contribution is 5.88. The van der Waals surface area contributed by atoms with Crippen LogP contribution in [0.5, 0.6) is 5.75 Å². The maximum atomic E-state index is 12.4. The second kappa shape index (κ2) is 11.9. The lowest BCUT2D eigenvalue weighted by molar-refractivity contribution is -0.133. The molecule has 2 aromatic carbocycles. The van der Waals surface area contributed by atoms with Gasteiger partial charge in [-0.2, -0.15) is 0 Å². The Morgan fingerprint density at radius 3 is 2.77 bits per heavy atom. The summed E-state index contributed by atoms with van der Waals surface area (Å²) in [6.45, 7) is 2.51. The molecule has 2 N–H and O–H groups in total. The third-order valence-corrected chi connectivity index (χ3v) is 5.40. The summed E-state index contributed by atoms with van der Waals surface area (Å²) < 4.78 is 5.37. The Kier molecular flexibility index (Phi) is 8.67. The van der Waals surface area contributed by atoms with Crippen molar-refractivity contribution < 1.29 is 14.3 Å². The molecule has 0 aliphatic carbocycles. The molecule has 1 atom stereocenters. The minimum absolute atomic E-state index is 0.0867. The summed E-state index contributed by atoms with van der Waals surface area (Å²) >= 11 is 0. The highest BCUT2D eigenvalue weighted by atomic mass is 16.5. The van der Waals surface area contributed by atoms with Gasteiger partial charge in [0.15, 0.2) is 0 Å². The molecule has 0 aromatic heterocycles. The molecule has 1 saturated heterocycles. The molecule has 0 unspecified atom stereocenters. The van der Waals surface area contributed by atoms with Gasteiger partial charge < -0.3 is 15.4 Å². The second-order valence-electron chi connectivity index (χ2n) is 7.59. The standard InChI is InChI=1S/C25H31N3O3/c1-31-23-14-6-5-12-21(23)13-8-17-28-18-16-27-25(30)22(28)19-24(29)26-15-7-11-20-9-3-2-4-10-20/h2-6,8-10,12-14,22H,7,11,15-19H2,1H3,(H,26,29)(H,27,30)/b13-8+/t22-/m0/s1. The number of hydrogen-bond acceptors (Lipinski definition) is 4. The molecule has 1 heterocycles. The number of aryl methyl sites for hydroxylation is 1. The zero-order valence-electron chi connectivity index (χ0n) is 18.0. The largest absolute Gasteiger partial charge is 0.496 e. The topological polar surface area (TPSA) is 70.7 Å². The van der Waals surface area contributed by atoms with Crippen LogP contribution in [0.3, 0.4) is 0 Å². The van der Waals surface area contributed by atoms with E-state index < -0.39 is 6.04 Å². The van der Waals surface area contributed by atoms with Crippen molar-refractivity contribution >= 4 is 17.9 Å². The summed E-state index contributed by atoms with van der Waals surface area (Å²) in [4.78, 5) is 26.9. The minimum atomic E-state index is -0.454. The van der Waals surface area contributed by atoms with Gasteiger partial charge in [0.2, 0.25) is 11.8 Å². The maximum absolute atomic E-state index is 12.4. The summed E-state index contributed by atoms with van der Waals surface area (Å²) in [5.74, 6) is 0.631. The summed E-state index contributed by atoms with van der Waals surface area (Å²) in [5, 5.41) is 5.84. The Labute approximate surface area is 184 Å². The number of methoxy groups -OCH3 is 1. The number of nitrogens with zero attached hydrogens (tertiary/aromatic N) is 1. The average molecular weight is 422 g/mol. The first-order chi connectivity index (χ1) is 15.2. The second-order valence-corrected chi connectivity index (χ2v) is 7.59. The van der Waals surface area contributed by atoms with E-state index >= 15 is 0 Å². The van der Waals surface area contributed by atoms with Crippen LogP contribution in [0, 0.1) is 0 Å². The number of rotatable bonds is 10. The third-order valence-electron chi connectivity index (χ3n) is 5.40. The van der Waals surface area contributed by atoms with E-state index in [1.54, 1.807) is 7.11 Å². The molecular formula is C25H31N3O3. The number of piperazine rings is 1. The number of para-hydroxylation sites is 1. The van der Waals surface area contributed by atoms with Crippen LogP contribution >= 0.6 is 0 Å². The van der Waals surface area contributed by atoms with E-state index in [0.29, 0.717) is 26.2 Å². The van der Waals surface area contributed by atoms with Crippen molar-refractivity contribution in [1.82, 2.24) is 15.5 Å². The van der Waals surface area contributed by atoms with E-state index in [4.69, 9.17) is 4.74 Å². The number of nitrogens with one attached hydrogen (secondary N) is 2. The number of hydrogen-bond donors (Lipinski definition) is 2. The fourth-order valence-corrected chi connectivity index (χ4v) is 3.73. The number of benzene rings is 2. The predicted molar refractivity (Wildman–Crippen MR) is 123 cm³/mol. The first-order valence-corrected chi connectivity index (χ1v) is 10.8. The third kappa shape index (κ3) is 6.96. The average Bonchev–Trinajstić information content (AvgIpc) is 2.80. The van der Waals surface area contributed by atoms with Crippen LogP contribution in [-0.4, -0.2) is 56.0 Å². The lowest BCUT2D eigenvalue weighted by Gasteiger charge is -2.33. The first-order valence-electron chi connectivity index (χ1n) is 10.8. The van der Waals surface area contributed by atoms with Gasteiger partial charge in [-0.05, 0) is 24.5 Å². The molecule has 1 fully saturated rings. The quantitative estimate of drug-likeness (QED) is 0.579. The van der Waals surface area contributed by atoms with Crippen molar-refractivity contribution in [3.63, 3.8) is 0 Å². The van der Waals surface area contributed by atoms with Gasteiger partial charge in [0.25, 0.3) is 0 Å². The van der Waals surface area contributed by atoms with Gasteiger partial charge in [0.1, 0.15) is 5.75 Å². The van der Waals surface area contributed by atoms with Crippen LogP contribution in [0.25, 0.3) is 6.08 Å². The predicted octanol–water partition coefficient (Wildman–Crippen LogP) is 2.65. The molecule has 1 aliphatic heterocycles. The van der Waals surface area contributed by atoms with Crippen molar-refractivity contribution in [2.75, 3.05) is 33.3 Å². The van der Waals surface area contributed by atoms with Crippen LogP contribution in [0.4, 0.5) is 0 Å². The zero-order valence-corrected chi connectivity index (χ0v) is 18.0. The monoisotopic (exact) mass is 421 g/mol. The van der Waals surface area contributed by atoms with Crippen LogP contribution < -0.4 is 15.4 Å². The zero-order chi connectivity index (χ0) is 21.9. The Hall–Kier alpha value is -3.12. The molecule has 0 spiro atoms. The fourth-order valence-electron chi connectivity index (χ4n) is 3.73. The molecule has 2 aromatic rings. The lowest BCUT2D eigenvalue weighted by Crippen LogP contribution is -2.56. The molecule has 1 aliphatic rings. The highest BCUT2D eigenvalue weighted by Gasteiger charge is 2.30. The van der Waals surface area contributed by atoms with Crippen molar-refractivity contribution in [2.45, 2.75) is 25.3 Å². The van der Waals surface area contributed by atoms with Gasteiger partial charge in [-0.25, -0.2) is 0 Å². The number of ether oxygens (including phenoxy) is 1. The summed E-state index contributed by atoms with van der Waals surface area (Å²) in [5.41, 5.74) is 2.25. The molecule has 0 radical (unpaired) electrons. The normalized spacial score (nSPS) is 16.8. The van der Waals surface area contributed by atoms with E-state index in [0.717, 1.165) is 24.2 Å². The smallest absolute Gasteiger partial charge is 0.237 e. The van der Waals surface area contributed by atoms with Crippen LogP contribution in [-0.2, 0) is 16.0 Å². The van der Waals surface area contributed by atoms with Gasteiger partial charge in [-0.15, -0.1) is 0 Å². The van der Waals surface area contributed by atoms with Gasteiger partial charge in [-0.3, -0.25) is 14.5 Å². The number of carbonyl (C=O) groups is 2. The van der Waals surface area contributed by atoms with Gasteiger partial charge in [0, 0.05) is 31.7 Å². The Bertz CT molecular complexity index is 883. The minimum Gasteiger partial charge on any atom is -0.496 e. The van der Waals surface area contributed by atoms with Crippen LogP contribution in [0.1, 0.15) is 24.0 Å². The van der Waals surface area contributed by atoms with E-state index in [1.165, 1.54) is 5.56 Å². The van der Waals surface area contributed by atoms with Gasteiger partial charge in [0.05, 0.1) is 19.6 Å². The molecule has 6 heteroatoms. The molecular weight excluding hydrogens is 390 g/mol. The molecule has 0 bridgehead atoms. The highest BCUT2D eigenvalue weighted by Crippen LogP contribution is 2.19. The van der Waals surface area contributed by atoms with Gasteiger partial charge in [-0.1, -0.05) is 60.7 Å². The molecule has 3 rings (SSSR count). The van der Waals surface area contributed by atoms with E-state index in [-0.39, 0.29) is 18.2 Å². The molecule has 31 heavy (non-hydrogen) atoms. The van der Waals surface area contributed by atoms with E-state index in [9.17, 15) is 9.59 Å². The summed E-state index contributed by atoms with van der Waals surface area (Å²) in [6, 6.07) is 17.6. The van der Waals surface area contributed by atoms with Crippen molar-refractivity contribution in [2.24, 2.45) is 0 Å². The molecule has 2 amide bonds. The fraction of sp³-hybridized carbons (Fsp3) is 0.360. The van der Waals surface area contributed by atoms with Crippen molar-refractivity contribution in [3.8, 4) is 5.75 Å². The Balaban J connectivity index is 1.48. The molecule has 0 saturated carbocycles. The molecule has 164 valence electrons. The molecule has 6 nitrogen and oxygen atoms in total. The van der Waals surface area contributed by atoms with Gasteiger partial charge >= 0.3 is 0 Å². The van der Waals surface area contributed by atoms with Crippen molar-refractivity contribution in [1.29, 1.82) is 0 Å². The number of amides is 2. The van der Waals surface area contributed by atoms with Crippen LogP contribution in [0.15, 0.2) is 60.7 Å². The lowest BCUT2D eigenvalue weighted by atomic mass is 10.1. The van der Waals surface area contributed by atoms with Crippen molar-refractivity contribution in [3.05, 3.63) is 71.8 Å². The maximum Gasteiger partial charge on any atom is 0.237 e.